The Morgan fingerprint density at radius 1 is 0.714 bits per heavy atom. The fourth-order valence-corrected chi connectivity index (χ4v) is 2.89. The maximum Gasteiger partial charge on any atom is 0.326 e. The monoisotopic (exact) mass is 502 g/mol. The summed E-state index contributed by atoms with van der Waals surface area (Å²) in [4.78, 5) is 82.2. The molecule has 0 aliphatic rings. The van der Waals surface area contributed by atoms with Crippen LogP contribution in [0.5, 0.6) is 0 Å². The summed E-state index contributed by atoms with van der Waals surface area (Å²) in [5.41, 5.74) is 15.8. The molecule has 4 unspecified atom stereocenters. The van der Waals surface area contributed by atoms with Crippen molar-refractivity contribution in [3.05, 3.63) is 0 Å². The van der Waals surface area contributed by atoms with Crippen LogP contribution < -0.4 is 33.2 Å². The second kappa shape index (κ2) is 15.2. The molecular formula is C20H34N6O9. The fraction of sp³-hybridized carbons (Fsp3) is 0.650. The normalized spacial score (nSPS) is 14.2. The Labute approximate surface area is 201 Å². The molecule has 0 spiro atoms. The molecule has 0 fully saturated rings. The molecule has 198 valence electrons. The van der Waals surface area contributed by atoms with Crippen LogP contribution in [0.1, 0.15) is 52.4 Å². The molecule has 0 saturated carbocycles. The Morgan fingerprint density at radius 3 is 1.69 bits per heavy atom. The van der Waals surface area contributed by atoms with E-state index in [1.165, 1.54) is 0 Å². The number of rotatable bonds is 17. The van der Waals surface area contributed by atoms with Crippen LogP contribution in [0.25, 0.3) is 0 Å². The van der Waals surface area contributed by atoms with Crippen LogP contribution in [0.2, 0.25) is 0 Å². The molecule has 0 aliphatic heterocycles. The third-order valence-electron chi connectivity index (χ3n) is 4.68. The summed E-state index contributed by atoms with van der Waals surface area (Å²) < 4.78 is 0. The van der Waals surface area contributed by atoms with E-state index in [2.05, 4.69) is 16.0 Å². The van der Waals surface area contributed by atoms with Crippen LogP contribution in [0.15, 0.2) is 0 Å². The Balaban J connectivity index is 5.57. The van der Waals surface area contributed by atoms with E-state index in [9.17, 15) is 38.7 Å². The number of carbonyl (C=O) groups is 7. The van der Waals surface area contributed by atoms with Gasteiger partial charge in [0.05, 0.1) is 12.5 Å². The van der Waals surface area contributed by atoms with Gasteiger partial charge < -0.3 is 43.4 Å². The fourth-order valence-electron chi connectivity index (χ4n) is 2.89. The second-order valence-electron chi connectivity index (χ2n) is 8.37. The Kier molecular flexibility index (Phi) is 13.6. The number of amides is 5. The van der Waals surface area contributed by atoms with Gasteiger partial charge in [-0.2, -0.15) is 0 Å². The Morgan fingerprint density at radius 2 is 1.23 bits per heavy atom. The molecule has 0 aromatic heterocycles. The van der Waals surface area contributed by atoms with Gasteiger partial charge in [-0.3, -0.25) is 28.8 Å². The van der Waals surface area contributed by atoms with Crippen molar-refractivity contribution in [2.45, 2.75) is 76.5 Å². The average Bonchev–Trinajstić information content (AvgIpc) is 2.72. The van der Waals surface area contributed by atoms with Crippen molar-refractivity contribution in [3.63, 3.8) is 0 Å². The van der Waals surface area contributed by atoms with Gasteiger partial charge in [-0.15, -0.1) is 0 Å². The van der Waals surface area contributed by atoms with E-state index in [0.717, 1.165) is 0 Å². The molecular weight excluding hydrogens is 468 g/mol. The molecule has 15 heteroatoms. The van der Waals surface area contributed by atoms with E-state index < -0.39 is 72.1 Å². The van der Waals surface area contributed by atoms with Crippen molar-refractivity contribution in [1.82, 2.24) is 16.0 Å². The minimum atomic E-state index is -1.67. The maximum absolute atomic E-state index is 12.9. The first-order valence-corrected chi connectivity index (χ1v) is 10.8. The van der Waals surface area contributed by atoms with Crippen molar-refractivity contribution in [2.75, 3.05) is 0 Å². The number of nitrogens with two attached hydrogens (primary N) is 3. The number of nitrogens with one attached hydrogen (secondary N) is 3. The van der Waals surface area contributed by atoms with Crippen molar-refractivity contribution >= 4 is 41.5 Å². The zero-order valence-electron chi connectivity index (χ0n) is 19.6. The molecule has 35 heavy (non-hydrogen) atoms. The zero-order chi connectivity index (χ0) is 27.3. The van der Waals surface area contributed by atoms with E-state index in [0.29, 0.717) is 0 Å². The summed E-state index contributed by atoms with van der Waals surface area (Å²) in [6.07, 6.45) is -1.76. The van der Waals surface area contributed by atoms with Gasteiger partial charge in [-0.1, -0.05) is 13.8 Å². The number of hydrogen-bond acceptors (Lipinski definition) is 8. The predicted molar refractivity (Wildman–Crippen MR) is 120 cm³/mol. The van der Waals surface area contributed by atoms with Gasteiger partial charge in [0, 0.05) is 12.8 Å². The lowest BCUT2D eigenvalue weighted by molar-refractivity contribution is -0.144. The molecule has 0 aromatic rings. The molecule has 4 atom stereocenters. The Bertz CT molecular complexity index is 817. The first-order chi connectivity index (χ1) is 16.1. The molecule has 0 rings (SSSR count). The van der Waals surface area contributed by atoms with Gasteiger partial charge in [-0.25, -0.2) is 4.79 Å². The van der Waals surface area contributed by atoms with Gasteiger partial charge in [0.15, 0.2) is 0 Å². The number of carbonyl (C=O) groups excluding carboxylic acids is 5. The first kappa shape index (κ1) is 31.2. The van der Waals surface area contributed by atoms with Crippen molar-refractivity contribution < 1.29 is 43.8 Å². The third-order valence-corrected chi connectivity index (χ3v) is 4.68. The van der Waals surface area contributed by atoms with Crippen molar-refractivity contribution in [1.29, 1.82) is 0 Å². The number of carboxylic acids is 2. The molecule has 0 aliphatic carbocycles. The standard InChI is InChI=1S/C20H34N6O9/c1-9(2)7-12(25-17(31)10(21)3-6-16(29)30)19(33)24-11(4-5-14(22)27)18(32)26-13(20(34)35)8-15(23)28/h9-13H,3-8,21H2,1-2H3,(H2,22,27)(H2,23,28)(H,24,33)(H,25,31)(H,26,32)(H,29,30)(H,34,35). The van der Waals surface area contributed by atoms with Gasteiger partial charge in [0.2, 0.25) is 29.5 Å². The SMILES string of the molecule is CC(C)CC(NC(=O)C(N)CCC(=O)O)C(=O)NC(CCC(N)=O)C(=O)NC(CC(N)=O)C(=O)O. The van der Waals surface area contributed by atoms with Crippen LogP contribution >= 0.6 is 0 Å². The van der Waals surface area contributed by atoms with Crippen LogP contribution in [0, 0.1) is 5.92 Å². The first-order valence-electron chi connectivity index (χ1n) is 10.8. The molecule has 15 nitrogen and oxygen atoms in total. The quantitative estimate of drug-likeness (QED) is 0.0991. The van der Waals surface area contributed by atoms with Crippen LogP contribution in [-0.4, -0.2) is 75.9 Å². The van der Waals surface area contributed by atoms with Crippen LogP contribution in [0.3, 0.4) is 0 Å². The largest absolute Gasteiger partial charge is 0.481 e. The van der Waals surface area contributed by atoms with E-state index >= 15 is 0 Å². The average molecular weight is 503 g/mol. The lowest BCUT2D eigenvalue weighted by Gasteiger charge is -2.25. The molecule has 0 saturated heterocycles. The molecule has 11 N–H and O–H groups in total. The highest BCUT2D eigenvalue weighted by atomic mass is 16.4. The van der Waals surface area contributed by atoms with Crippen LogP contribution in [-0.2, 0) is 33.6 Å². The zero-order valence-corrected chi connectivity index (χ0v) is 19.6. The Hall–Kier alpha value is -3.75. The van der Waals surface area contributed by atoms with Gasteiger partial charge in [0.1, 0.15) is 18.1 Å². The number of primary amides is 2. The highest BCUT2D eigenvalue weighted by Gasteiger charge is 2.31. The molecule has 0 bridgehead atoms. The highest BCUT2D eigenvalue weighted by molar-refractivity contribution is 5.95. The van der Waals surface area contributed by atoms with Gasteiger partial charge >= 0.3 is 11.9 Å². The summed E-state index contributed by atoms with van der Waals surface area (Å²) in [6, 6.07) is -5.49. The van der Waals surface area contributed by atoms with E-state index in [1.807, 2.05) is 0 Å². The minimum Gasteiger partial charge on any atom is -0.481 e. The topological polar surface area (TPSA) is 274 Å². The summed E-state index contributed by atoms with van der Waals surface area (Å²) in [7, 11) is 0. The molecule has 0 heterocycles. The summed E-state index contributed by atoms with van der Waals surface area (Å²) in [5.74, 6) is -7.20. The van der Waals surface area contributed by atoms with Crippen molar-refractivity contribution in [3.8, 4) is 0 Å². The third kappa shape index (κ3) is 13.5. The van der Waals surface area contributed by atoms with E-state index in [4.69, 9.17) is 22.3 Å². The molecule has 0 aromatic carbocycles. The van der Waals surface area contributed by atoms with Gasteiger partial charge in [0.25, 0.3) is 0 Å². The summed E-state index contributed by atoms with van der Waals surface area (Å²) in [5, 5.41) is 24.8. The number of carboxylic acid groups (broad SMARTS) is 2. The summed E-state index contributed by atoms with van der Waals surface area (Å²) in [6.45, 7) is 3.52. The smallest absolute Gasteiger partial charge is 0.326 e. The lowest BCUT2D eigenvalue weighted by atomic mass is 10.0. The molecule has 0 radical (unpaired) electrons. The highest BCUT2D eigenvalue weighted by Crippen LogP contribution is 2.08. The lowest BCUT2D eigenvalue weighted by Crippen LogP contribution is -2.57. The van der Waals surface area contributed by atoms with E-state index in [1.54, 1.807) is 13.8 Å². The van der Waals surface area contributed by atoms with E-state index in [-0.39, 0.29) is 38.0 Å². The number of aliphatic carboxylic acids is 2. The predicted octanol–water partition coefficient (Wildman–Crippen LogP) is -3.10. The van der Waals surface area contributed by atoms with Crippen LogP contribution in [0.4, 0.5) is 0 Å². The van der Waals surface area contributed by atoms with Crippen molar-refractivity contribution in [2.24, 2.45) is 23.1 Å². The second-order valence-corrected chi connectivity index (χ2v) is 8.37. The summed E-state index contributed by atoms with van der Waals surface area (Å²) >= 11 is 0. The molecule has 5 amide bonds. The van der Waals surface area contributed by atoms with Gasteiger partial charge in [-0.05, 0) is 25.2 Å². The maximum atomic E-state index is 12.9. The number of hydrogen-bond donors (Lipinski definition) is 8. The minimum absolute atomic E-state index is 0.105.